The number of carbonyl (C=O) groups excluding carboxylic acids is 2. The van der Waals surface area contributed by atoms with E-state index in [1.807, 2.05) is 30.3 Å². The highest BCUT2D eigenvalue weighted by Crippen LogP contribution is 2.16. The molecule has 2 rings (SSSR count). The SMILES string of the molecule is Cl.Cl.N=C(N)NCCC[C@H](NC(=O)[C@@H](N)Cc1ccccc1)C(=O)Nc1ccc([N+](=O)[O-])cc1. The highest BCUT2D eigenvalue weighted by atomic mass is 35.5. The maximum atomic E-state index is 12.8. The third-order valence-corrected chi connectivity index (χ3v) is 4.60. The Balaban J connectivity index is 0.00000544. The summed E-state index contributed by atoms with van der Waals surface area (Å²) in [6.45, 7) is 0.350. The molecule has 0 spiro atoms. The zero-order valence-corrected chi connectivity index (χ0v) is 19.9. The number of amides is 2. The van der Waals surface area contributed by atoms with E-state index in [0.29, 0.717) is 25.1 Å². The zero-order valence-electron chi connectivity index (χ0n) is 18.2. The molecule has 0 saturated carbocycles. The van der Waals surface area contributed by atoms with Crippen molar-refractivity contribution in [2.24, 2.45) is 11.5 Å². The van der Waals surface area contributed by atoms with Gasteiger partial charge in [0.2, 0.25) is 11.8 Å². The lowest BCUT2D eigenvalue weighted by atomic mass is 10.0. The summed E-state index contributed by atoms with van der Waals surface area (Å²) in [5.74, 6) is -1.15. The van der Waals surface area contributed by atoms with E-state index in [1.54, 1.807) is 0 Å². The van der Waals surface area contributed by atoms with Gasteiger partial charge in [-0.25, -0.2) is 0 Å². The minimum atomic E-state index is -0.895. The van der Waals surface area contributed by atoms with E-state index in [9.17, 15) is 19.7 Å². The van der Waals surface area contributed by atoms with Crippen molar-refractivity contribution < 1.29 is 14.5 Å². The van der Waals surface area contributed by atoms with E-state index >= 15 is 0 Å². The van der Waals surface area contributed by atoms with Gasteiger partial charge in [-0.05, 0) is 37.0 Å². The molecule has 0 saturated heterocycles. The van der Waals surface area contributed by atoms with Crippen LogP contribution < -0.4 is 27.4 Å². The van der Waals surface area contributed by atoms with Crippen molar-refractivity contribution in [2.75, 3.05) is 11.9 Å². The number of nitro groups is 1. The van der Waals surface area contributed by atoms with Crippen LogP contribution in [0.5, 0.6) is 0 Å². The lowest BCUT2D eigenvalue weighted by molar-refractivity contribution is -0.384. The van der Waals surface area contributed by atoms with Crippen molar-refractivity contribution in [3.63, 3.8) is 0 Å². The predicted octanol–water partition coefficient (Wildman–Crippen LogP) is 1.69. The number of guanidine groups is 1. The maximum absolute atomic E-state index is 12.8. The Morgan fingerprint density at radius 2 is 1.65 bits per heavy atom. The summed E-state index contributed by atoms with van der Waals surface area (Å²) in [7, 11) is 0. The minimum absolute atomic E-state index is 0. The highest BCUT2D eigenvalue weighted by Gasteiger charge is 2.24. The lowest BCUT2D eigenvalue weighted by Gasteiger charge is -2.21. The number of benzene rings is 2. The van der Waals surface area contributed by atoms with Gasteiger partial charge in [0.1, 0.15) is 6.04 Å². The van der Waals surface area contributed by atoms with Crippen molar-refractivity contribution in [3.05, 3.63) is 70.3 Å². The molecule has 34 heavy (non-hydrogen) atoms. The first kappa shape index (κ1) is 30.6. The van der Waals surface area contributed by atoms with Gasteiger partial charge in [0, 0.05) is 24.4 Å². The molecular weight excluding hydrogens is 485 g/mol. The molecule has 8 N–H and O–H groups in total. The Morgan fingerprint density at radius 1 is 1.03 bits per heavy atom. The number of halogens is 2. The van der Waals surface area contributed by atoms with Crippen LogP contribution >= 0.6 is 24.8 Å². The number of anilines is 1. The summed E-state index contributed by atoms with van der Waals surface area (Å²) in [6, 6.07) is 12.9. The van der Waals surface area contributed by atoms with Gasteiger partial charge in [0.15, 0.2) is 5.96 Å². The van der Waals surface area contributed by atoms with Gasteiger partial charge >= 0.3 is 0 Å². The fourth-order valence-corrected chi connectivity index (χ4v) is 2.93. The van der Waals surface area contributed by atoms with E-state index in [-0.39, 0.29) is 42.9 Å². The average molecular weight is 514 g/mol. The van der Waals surface area contributed by atoms with Crippen molar-refractivity contribution in [1.29, 1.82) is 5.41 Å². The molecule has 11 nitrogen and oxygen atoms in total. The van der Waals surface area contributed by atoms with E-state index in [0.717, 1.165) is 5.56 Å². The molecule has 0 aromatic heterocycles. The number of nitrogens with two attached hydrogens (primary N) is 2. The molecule has 2 amide bonds. The third kappa shape index (κ3) is 10.5. The Bertz CT molecular complexity index is 946. The van der Waals surface area contributed by atoms with Crippen molar-refractivity contribution in [3.8, 4) is 0 Å². The summed E-state index contributed by atoms with van der Waals surface area (Å²) in [4.78, 5) is 35.6. The number of nitrogens with zero attached hydrogens (tertiary/aromatic N) is 1. The van der Waals surface area contributed by atoms with Crippen LogP contribution in [0.25, 0.3) is 0 Å². The summed E-state index contributed by atoms with van der Waals surface area (Å²) in [5.41, 5.74) is 12.4. The van der Waals surface area contributed by atoms with Crippen LogP contribution in [0.4, 0.5) is 11.4 Å². The summed E-state index contributed by atoms with van der Waals surface area (Å²) in [6.07, 6.45) is 1.03. The molecule has 0 unspecified atom stereocenters. The molecule has 2 aromatic rings. The van der Waals surface area contributed by atoms with E-state index < -0.39 is 28.8 Å². The molecule has 0 radical (unpaired) electrons. The Hall–Kier alpha value is -3.41. The predicted molar refractivity (Wildman–Crippen MR) is 135 cm³/mol. The van der Waals surface area contributed by atoms with Gasteiger partial charge in [0.05, 0.1) is 11.0 Å². The van der Waals surface area contributed by atoms with Crippen molar-refractivity contribution in [1.82, 2.24) is 10.6 Å². The Kier molecular flexibility index (Phi) is 13.9. The third-order valence-electron chi connectivity index (χ3n) is 4.60. The van der Waals surface area contributed by atoms with Gasteiger partial charge in [-0.3, -0.25) is 25.1 Å². The lowest BCUT2D eigenvalue weighted by Crippen LogP contribution is -2.50. The summed E-state index contributed by atoms with van der Waals surface area (Å²) < 4.78 is 0. The smallest absolute Gasteiger partial charge is 0.269 e. The standard InChI is InChI=1S/C21H27N7O4.2ClH/c22-17(13-14-5-2-1-3-6-14)19(29)27-18(7-4-12-25-21(23)24)20(30)26-15-8-10-16(11-9-15)28(31)32;;/h1-3,5-6,8-11,17-18H,4,7,12-13,22H2,(H,26,30)(H,27,29)(H4,23,24,25);2*1H/t17-,18-;;/m0../s1. The van der Waals surface area contributed by atoms with Crippen molar-refractivity contribution >= 4 is 54.0 Å². The number of hydrogen-bond acceptors (Lipinski definition) is 6. The van der Waals surface area contributed by atoms with Crippen LogP contribution in [0.2, 0.25) is 0 Å². The van der Waals surface area contributed by atoms with E-state index in [2.05, 4.69) is 16.0 Å². The fraction of sp³-hybridized carbons (Fsp3) is 0.286. The average Bonchev–Trinajstić information content (AvgIpc) is 2.76. The molecular formula is C21H29Cl2N7O4. The molecule has 0 aliphatic carbocycles. The first-order valence-corrected chi connectivity index (χ1v) is 9.99. The fourth-order valence-electron chi connectivity index (χ4n) is 2.93. The van der Waals surface area contributed by atoms with Crippen LogP contribution in [0, 0.1) is 15.5 Å². The molecule has 0 fully saturated rings. The van der Waals surface area contributed by atoms with Gasteiger partial charge in [-0.15, -0.1) is 24.8 Å². The van der Waals surface area contributed by atoms with Gasteiger partial charge < -0.3 is 27.4 Å². The minimum Gasteiger partial charge on any atom is -0.370 e. The number of nitro benzene ring substituents is 1. The quantitative estimate of drug-likeness (QED) is 0.0864. The topological polar surface area (TPSA) is 189 Å². The summed E-state index contributed by atoms with van der Waals surface area (Å²) >= 11 is 0. The van der Waals surface area contributed by atoms with Crippen LogP contribution in [0.1, 0.15) is 18.4 Å². The maximum Gasteiger partial charge on any atom is 0.269 e. The molecule has 0 bridgehead atoms. The highest BCUT2D eigenvalue weighted by molar-refractivity contribution is 5.97. The zero-order chi connectivity index (χ0) is 23.5. The second-order valence-electron chi connectivity index (χ2n) is 7.13. The first-order valence-electron chi connectivity index (χ1n) is 9.99. The van der Waals surface area contributed by atoms with Gasteiger partial charge in [0.25, 0.3) is 5.69 Å². The normalized spacial score (nSPS) is 11.6. The number of hydrogen-bond donors (Lipinski definition) is 6. The van der Waals surface area contributed by atoms with E-state index in [1.165, 1.54) is 24.3 Å². The van der Waals surface area contributed by atoms with Gasteiger partial charge in [-0.2, -0.15) is 0 Å². The second-order valence-corrected chi connectivity index (χ2v) is 7.13. The van der Waals surface area contributed by atoms with Crippen LogP contribution in [0.15, 0.2) is 54.6 Å². The molecule has 2 aromatic carbocycles. The van der Waals surface area contributed by atoms with E-state index in [4.69, 9.17) is 16.9 Å². The number of rotatable bonds is 11. The first-order chi connectivity index (χ1) is 15.3. The largest absolute Gasteiger partial charge is 0.370 e. The Labute approximate surface area is 209 Å². The van der Waals surface area contributed by atoms with Crippen molar-refractivity contribution in [2.45, 2.75) is 31.3 Å². The van der Waals surface area contributed by atoms with Crippen LogP contribution in [-0.2, 0) is 16.0 Å². The molecule has 0 heterocycles. The van der Waals surface area contributed by atoms with Gasteiger partial charge in [-0.1, -0.05) is 30.3 Å². The molecule has 186 valence electrons. The number of carbonyl (C=O) groups is 2. The van der Waals surface area contributed by atoms with Crippen LogP contribution in [0.3, 0.4) is 0 Å². The molecule has 2 atom stereocenters. The number of nitrogens with one attached hydrogen (secondary N) is 4. The molecule has 0 aliphatic rings. The Morgan fingerprint density at radius 3 is 2.21 bits per heavy atom. The summed E-state index contributed by atoms with van der Waals surface area (Å²) in [5, 5.41) is 25.9. The molecule has 13 heteroatoms. The molecule has 0 aliphatic heterocycles. The monoisotopic (exact) mass is 513 g/mol. The number of non-ortho nitro benzene ring substituents is 1. The van der Waals surface area contributed by atoms with Crippen LogP contribution in [-0.4, -0.2) is 41.3 Å². The second kappa shape index (κ2) is 15.4.